The molecule has 0 bridgehead atoms. The zero-order valence-electron chi connectivity index (χ0n) is 11.5. The average molecular weight is 315 g/mol. The maximum Gasteiger partial charge on any atom is 0.200 e. The normalized spacial score (nSPS) is 13.3. The van der Waals surface area contributed by atoms with Gasteiger partial charge in [0.2, 0.25) is 5.43 Å². The molecule has 1 aromatic heterocycles. The van der Waals surface area contributed by atoms with Crippen molar-refractivity contribution in [2.45, 2.75) is 0 Å². The highest BCUT2D eigenvalue weighted by molar-refractivity contribution is 6.31. The summed E-state index contributed by atoms with van der Waals surface area (Å²) in [7, 11) is 0. The molecule has 1 aliphatic heterocycles. The van der Waals surface area contributed by atoms with E-state index in [0.29, 0.717) is 46.3 Å². The molecule has 0 N–H and O–H groups in total. The molecule has 0 saturated heterocycles. The summed E-state index contributed by atoms with van der Waals surface area (Å²) in [5, 5.41) is 0.957. The van der Waals surface area contributed by atoms with E-state index in [4.69, 9.17) is 25.5 Å². The van der Waals surface area contributed by atoms with Gasteiger partial charge in [-0.2, -0.15) is 0 Å². The van der Waals surface area contributed by atoms with Crippen molar-refractivity contribution in [1.29, 1.82) is 0 Å². The maximum absolute atomic E-state index is 12.7. The van der Waals surface area contributed by atoms with Crippen molar-refractivity contribution in [2.75, 3.05) is 13.2 Å². The molecule has 0 radical (unpaired) electrons. The predicted molar refractivity (Wildman–Crippen MR) is 83.9 cm³/mol. The summed E-state index contributed by atoms with van der Waals surface area (Å²) in [4.78, 5) is 12.7. The minimum atomic E-state index is -0.125. The number of ether oxygens (including phenoxy) is 2. The number of benzene rings is 2. The van der Waals surface area contributed by atoms with Crippen LogP contribution < -0.4 is 14.9 Å². The van der Waals surface area contributed by atoms with Crippen LogP contribution in [0.3, 0.4) is 0 Å². The van der Waals surface area contributed by atoms with Gasteiger partial charge in [0.25, 0.3) is 0 Å². The van der Waals surface area contributed by atoms with Crippen molar-refractivity contribution in [1.82, 2.24) is 0 Å². The standard InChI is InChI=1S/C17H11ClO4/c18-11-2-4-14-12(8-11)17(19)13(9-22-14)10-1-3-15-16(7-10)21-6-5-20-15/h1-4,7-9H,5-6H2. The van der Waals surface area contributed by atoms with E-state index in [1.165, 1.54) is 6.26 Å². The topological polar surface area (TPSA) is 48.7 Å². The molecule has 2 aromatic carbocycles. The first-order chi connectivity index (χ1) is 10.7. The van der Waals surface area contributed by atoms with E-state index in [0.717, 1.165) is 5.56 Å². The Balaban J connectivity index is 1.91. The van der Waals surface area contributed by atoms with Crippen molar-refractivity contribution in [2.24, 2.45) is 0 Å². The van der Waals surface area contributed by atoms with Gasteiger partial charge in [-0.3, -0.25) is 4.79 Å². The van der Waals surface area contributed by atoms with Crippen LogP contribution in [0.1, 0.15) is 0 Å². The van der Waals surface area contributed by atoms with E-state index in [9.17, 15) is 4.79 Å². The Morgan fingerprint density at radius 2 is 1.77 bits per heavy atom. The van der Waals surface area contributed by atoms with Gasteiger partial charge in [-0.25, -0.2) is 0 Å². The lowest BCUT2D eigenvalue weighted by Crippen LogP contribution is -2.15. The number of hydrogen-bond donors (Lipinski definition) is 0. The molecule has 22 heavy (non-hydrogen) atoms. The summed E-state index contributed by atoms with van der Waals surface area (Å²) in [6.07, 6.45) is 1.46. The molecule has 4 nitrogen and oxygen atoms in total. The largest absolute Gasteiger partial charge is 0.486 e. The van der Waals surface area contributed by atoms with Gasteiger partial charge in [-0.05, 0) is 35.9 Å². The van der Waals surface area contributed by atoms with Gasteiger partial charge in [0.15, 0.2) is 11.5 Å². The number of fused-ring (bicyclic) bond motifs is 2. The first-order valence-electron chi connectivity index (χ1n) is 6.83. The van der Waals surface area contributed by atoms with Crippen molar-refractivity contribution in [3.05, 3.63) is 57.9 Å². The van der Waals surface area contributed by atoms with Crippen LogP contribution >= 0.6 is 11.6 Å². The van der Waals surface area contributed by atoms with Gasteiger partial charge in [0, 0.05) is 5.02 Å². The number of hydrogen-bond acceptors (Lipinski definition) is 4. The predicted octanol–water partition coefficient (Wildman–Crippen LogP) is 3.88. The van der Waals surface area contributed by atoms with Crippen molar-refractivity contribution in [3.63, 3.8) is 0 Å². The fourth-order valence-corrected chi connectivity index (χ4v) is 2.69. The van der Waals surface area contributed by atoms with Crippen molar-refractivity contribution < 1.29 is 13.9 Å². The van der Waals surface area contributed by atoms with E-state index in [-0.39, 0.29) is 5.43 Å². The molecule has 0 aliphatic carbocycles. The van der Waals surface area contributed by atoms with E-state index < -0.39 is 0 Å². The van der Waals surface area contributed by atoms with Gasteiger partial charge in [-0.15, -0.1) is 0 Å². The third-order valence-electron chi connectivity index (χ3n) is 3.59. The highest BCUT2D eigenvalue weighted by Crippen LogP contribution is 2.34. The zero-order valence-corrected chi connectivity index (χ0v) is 12.2. The Kier molecular flexibility index (Phi) is 3.05. The molecule has 0 atom stereocenters. The summed E-state index contributed by atoms with van der Waals surface area (Å²) in [6, 6.07) is 10.4. The molecule has 0 fully saturated rings. The van der Waals surface area contributed by atoms with Crippen LogP contribution in [0.4, 0.5) is 0 Å². The fourth-order valence-electron chi connectivity index (χ4n) is 2.51. The van der Waals surface area contributed by atoms with E-state index >= 15 is 0 Å². The average Bonchev–Trinajstić information content (AvgIpc) is 2.55. The maximum atomic E-state index is 12.7. The van der Waals surface area contributed by atoms with Gasteiger partial charge >= 0.3 is 0 Å². The highest BCUT2D eigenvalue weighted by Gasteiger charge is 2.15. The zero-order chi connectivity index (χ0) is 15.1. The Morgan fingerprint density at radius 3 is 2.64 bits per heavy atom. The molecular weight excluding hydrogens is 304 g/mol. The van der Waals surface area contributed by atoms with Crippen molar-refractivity contribution >= 4 is 22.6 Å². The lowest BCUT2D eigenvalue weighted by Gasteiger charge is -2.18. The van der Waals surface area contributed by atoms with Gasteiger partial charge in [0.1, 0.15) is 25.1 Å². The molecule has 1 aliphatic rings. The molecule has 2 heterocycles. The Morgan fingerprint density at radius 1 is 0.955 bits per heavy atom. The van der Waals surface area contributed by atoms with Gasteiger partial charge < -0.3 is 13.9 Å². The molecule has 5 heteroatoms. The monoisotopic (exact) mass is 314 g/mol. The third-order valence-corrected chi connectivity index (χ3v) is 3.82. The molecule has 3 aromatic rings. The van der Waals surface area contributed by atoms with Crippen LogP contribution in [0, 0.1) is 0 Å². The fraction of sp³-hybridized carbons (Fsp3) is 0.118. The summed E-state index contributed by atoms with van der Waals surface area (Å²) in [5.41, 5.74) is 1.57. The van der Waals surface area contributed by atoms with E-state index in [2.05, 4.69) is 0 Å². The lowest BCUT2D eigenvalue weighted by molar-refractivity contribution is 0.171. The highest BCUT2D eigenvalue weighted by atomic mass is 35.5. The summed E-state index contributed by atoms with van der Waals surface area (Å²) < 4.78 is 16.6. The summed E-state index contributed by atoms with van der Waals surface area (Å²) >= 11 is 5.97. The number of halogens is 1. The van der Waals surface area contributed by atoms with Crippen molar-refractivity contribution in [3.8, 4) is 22.6 Å². The molecular formula is C17H11ClO4. The first kappa shape index (κ1) is 13.2. The third kappa shape index (κ3) is 2.12. The second-order valence-electron chi connectivity index (χ2n) is 4.98. The van der Waals surface area contributed by atoms with Crippen LogP contribution in [0.25, 0.3) is 22.1 Å². The van der Waals surface area contributed by atoms with Crippen LogP contribution in [-0.4, -0.2) is 13.2 Å². The van der Waals surface area contributed by atoms with Gasteiger partial charge in [-0.1, -0.05) is 17.7 Å². The minimum absolute atomic E-state index is 0.125. The minimum Gasteiger partial charge on any atom is -0.486 e. The van der Waals surface area contributed by atoms with Gasteiger partial charge in [0.05, 0.1) is 10.9 Å². The second-order valence-corrected chi connectivity index (χ2v) is 5.41. The molecule has 0 saturated carbocycles. The Labute approximate surface area is 130 Å². The van der Waals surface area contributed by atoms with Crippen LogP contribution in [-0.2, 0) is 0 Å². The Bertz CT molecular complexity index is 930. The molecule has 110 valence electrons. The molecule has 0 amide bonds. The quantitative estimate of drug-likeness (QED) is 0.684. The summed E-state index contributed by atoms with van der Waals surface area (Å²) in [6.45, 7) is 1.03. The van der Waals surface area contributed by atoms with E-state index in [1.54, 1.807) is 30.3 Å². The molecule has 0 spiro atoms. The lowest BCUT2D eigenvalue weighted by atomic mass is 10.0. The Hall–Kier alpha value is -2.46. The van der Waals surface area contributed by atoms with Crippen LogP contribution in [0.2, 0.25) is 5.02 Å². The van der Waals surface area contributed by atoms with Crippen LogP contribution in [0.5, 0.6) is 11.5 Å². The number of rotatable bonds is 1. The van der Waals surface area contributed by atoms with Crippen LogP contribution in [0.15, 0.2) is 51.9 Å². The second kappa shape index (κ2) is 5.07. The molecule has 4 rings (SSSR count). The summed E-state index contributed by atoms with van der Waals surface area (Å²) in [5.74, 6) is 1.32. The smallest absolute Gasteiger partial charge is 0.200 e. The SMILES string of the molecule is O=c1c(-c2ccc3c(c2)OCCO3)coc2ccc(Cl)cc12. The first-order valence-corrected chi connectivity index (χ1v) is 7.21. The molecule has 0 unspecified atom stereocenters. The van der Waals surface area contributed by atoms with E-state index in [1.807, 2.05) is 6.07 Å².